The van der Waals surface area contributed by atoms with Gasteiger partial charge < -0.3 is 19.5 Å². The number of unbranched alkanes of at least 4 members (excludes halogenated alkanes) is 1. The fourth-order valence-corrected chi connectivity index (χ4v) is 4.87. The quantitative estimate of drug-likeness (QED) is 0.436. The van der Waals surface area contributed by atoms with Gasteiger partial charge in [-0.3, -0.25) is 9.48 Å². The van der Waals surface area contributed by atoms with E-state index < -0.39 is 0 Å². The zero-order valence-corrected chi connectivity index (χ0v) is 20.6. The second kappa shape index (κ2) is 11.6. The summed E-state index contributed by atoms with van der Waals surface area (Å²) in [5.74, 6) is 1.30. The van der Waals surface area contributed by atoms with Gasteiger partial charge in [-0.15, -0.1) is 0 Å². The number of benzene rings is 1. The molecule has 1 aliphatic heterocycles. The molecule has 1 N–H and O–H groups in total. The van der Waals surface area contributed by atoms with E-state index in [1.165, 1.54) is 0 Å². The van der Waals surface area contributed by atoms with Crippen molar-refractivity contribution in [2.75, 3.05) is 33.4 Å². The Hall–Kier alpha value is -2.78. The van der Waals surface area contributed by atoms with Gasteiger partial charge in [-0.25, -0.2) is 9.97 Å². The first-order chi connectivity index (χ1) is 16.6. The lowest BCUT2D eigenvalue weighted by Crippen LogP contribution is -2.53. The fourth-order valence-electron chi connectivity index (χ4n) is 4.87. The average molecular weight is 468 g/mol. The molecule has 2 unspecified atom stereocenters. The van der Waals surface area contributed by atoms with Gasteiger partial charge in [-0.1, -0.05) is 26.0 Å². The first-order valence-corrected chi connectivity index (χ1v) is 12.3. The van der Waals surface area contributed by atoms with Crippen molar-refractivity contribution in [1.82, 2.24) is 34.5 Å². The molecule has 0 bridgehead atoms. The molecule has 4 rings (SSSR count). The number of imidazole rings is 1. The number of carbonyl (C=O) groups is 1. The van der Waals surface area contributed by atoms with E-state index in [1.54, 1.807) is 19.8 Å². The molecule has 3 heterocycles. The van der Waals surface area contributed by atoms with Crippen molar-refractivity contribution in [3.63, 3.8) is 0 Å². The van der Waals surface area contributed by atoms with Crippen LogP contribution in [0.3, 0.4) is 0 Å². The highest BCUT2D eigenvalue weighted by Gasteiger charge is 2.33. The third-order valence-corrected chi connectivity index (χ3v) is 6.42. The van der Waals surface area contributed by atoms with Crippen molar-refractivity contribution in [2.24, 2.45) is 11.8 Å². The summed E-state index contributed by atoms with van der Waals surface area (Å²) in [5, 5.41) is 7.81. The maximum atomic E-state index is 14.0. The van der Waals surface area contributed by atoms with Crippen molar-refractivity contribution in [3.05, 3.63) is 42.7 Å². The highest BCUT2D eigenvalue weighted by atomic mass is 16.5. The minimum atomic E-state index is 0.0184. The minimum absolute atomic E-state index is 0.0184. The highest BCUT2D eigenvalue weighted by Crippen LogP contribution is 2.23. The molecule has 1 fully saturated rings. The number of para-hydroxylation sites is 2. The van der Waals surface area contributed by atoms with Crippen LogP contribution in [-0.4, -0.2) is 74.5 Å². The largest absolute Gasteiger partial charge is 0.385 e. The summed E-state index contributed by atoms with van der Waals surface area (Å²) in [4.78, 5) is 25.0. The van der Waals surface area contributed by atoms with Crippen LogP contribution in [0.4, 0.5) is 0 Å². The lowest BCUT2D eigenvalue weighted by atomic mass is 9.94. The smallest absolute Gasteiger partial charge is 0.290 e. The van der Waals surface area contributed by atoms with Crippen molar-refractivity contribution in [3.8, 4) is 0 Å². The van der Waals surface area contributed by atoms with Crippen molar-refractivity contribution >= 4 is 16.9 Å². The molecule has 0 spiro atoms. The number of aryl methyl sites for hydroxylation is 1. The standard InChI is InChI=1S/C25H37N7O2/c1-19(2)15-32(21-12-20(13-26-14-21)16-30-18-27-17-28-30)25(33)24-29-22-8-4-5-9-23(22)31(24)10-6-7-11-34-3/h4-5,8-9,17-21,26H,6-7,10-16H2,1-3H3. The third-order valence-electron chi connectivity index (χ3n) is 6.42. The SMILES string of the molecule is COCCCCn1c(C(=O)N(CC(C)C)C2CNCC(Cn3cncn3)C2)nc2ccccc21. The summed E-state index contributed by atoms with van der Waals surface area (Å²) in [6.45, 7) is 9.00. The van der Waals surface area contributed by atoms with Crippen molar-refractivity contribution in [2.45, 2.75) is 52.2 Å². The predicted octanol–water partition coefficient (Wildman–Crippen LogP) is 2.83. The number of carbonyl (C=O) groups excluding carboxylic acids is 1. The van der Waals surface area contributed by atoms with E-state index in [-0.39, 0.29) is 11.9 Å². The van der Waals surface area contributed by atoms with E-state index in [9.17, 15) is 4.79 Å². The minimum Gasteiger partial charge on any atom is -0.385 e. The summed E-state index contributed by atoms with van der Waals surface area (Å²) in [6, 6.07) is 8.14. The average Bonchev–Trinajstić information content (AvgIpc) is 3.48. The molecule has 2 aromatic heterocycles. The Kier molecular flexibility index (Phi) is 8.29. The summed E-state index contributed by atoms with van der Waals surface area (Å²) in [5.41, 5.74) is 1.88. The van der Waals surface area contributed by atoms with Crippen LogP contribution in [0, 0.1) is 11.8 Å². The Labute approximate surface area is 201 Å². The Morgan fingerprint density at radius 1 is 1.26 bits per heavy atom. The molecule has 9 nitrogen and oxygen atoms in total. The first kappa shape index (κ1) is 24.3. The number of methoxy groups -OCH3 is 1. The summed E-state index contributed by atoms with van der Waals surface area (Å²) >= 11 is 0. The van der Waals surface area contributed by atoms with Gasteiger partial charge in [0.25, 0.3) is 5.91 Å². The molecule has 0 radical (unpaired) electrons. The van der Waals surface area contributed by atoms with E-state index >= 15 is 0 Å². The van der Waals surface area contributed by atoms with E-state index in [1.807, 2.05) is 22.9 Å². The first-order valence-electron chi connectivity index (χ1n) is 12.3. The zero-order valence-electron chi connectivity index (χ0n) is 20.6. The van der Waals surface area contributed by atoms with Crippen LogP contribution >= 0.6 is 0 Å². The topological polar surface area (TPSA) is 90.1 Å². The van der Waals surface area contributed by atoms with E-state index in [0.29, 0.717) is 24.2 Å². The zero-order chi connectivity index (χ0) is 23.9. The second-order valence-electron chi connectivity index (χ2n) is 9.66. The number of aromatic nitrogens is 5. The van der Waals surface area contributed by atoms with Crippen LogP contribution in [0.15, 0.2) is 36.9 Å². The number of nitrogens with one attached hydrogen (secondary N) is 1. The number of nitrogens with zero attached hydrogens (tertiary/aromatic N) is 6. The number of rotatable bonds is 11. The molecule has 9 heteroatoms. The van der Waals surface area contributed by atoms with E-state index in [2.05, 4.69) is 44.8 Å². The summed E-state index contributed by atoms with van der Waals surface area (Å²) in [7, 11) is 1.72. The highest BCUT2D eigenvalue weighted by molar-refractivity contribution is 5.95. The number of amides is 1. The van der Waals surface area contributed by atoms with Crippen LogP contribution in [0.1, 0.15) is 43.7 Å². The van der Waals surface area contributed by atoms with Crippen LogP contribution in [0.2, 0.25) is 0 Å². The Morgan fingerprint density at radius 2 is 2.12 bits per heavy atom. The van der Waals surface area contributed by atoms with Crippen molar-refractivity contribution in [1.29, 1.82) is 0 Å². The molecule has 3 aromatic rings. The third kappa shape index (κ3) is 5.82. The van der Waals surface area contributed by atoms with Crippen LogP contribution < -0.4 is 5.32 Å². The predicted molar refractivity (Wildman–Crippen MR) is 132 cm³/mol. The molecule has 1 aromatic carbocycles. The van der Waals surface area contributed by atoms with Gasteiger partial charge >= 0.3 is 0 Å². The molecule has 1 amide bonds. The second-order valence-corrected chi connectivity index (χ2v) is 9.66. The molecule has 0 aliphatic carbocycles. The van der Waals surface area contributed by atoms with Gasteiger partial charge in [0.15, 0.2) is 5.82 Å². The Balaban J connectivity index is 1.58. The maximum Gasteiger partial charge on any atom is 0.290 e. The van der Waals surface area contributed by atoms with Gasteiger partial charge in [-0.05, 0) is 49.8 Å². The van der Waals surface area contributed by atoms with E-state index in [0.717, 1.165) is 63.1 Å². The normalized spacial score (nSPS) is 18.6. The van der Waals surface area contributed by atoms with Gasteiger partial charge in [-0.2, -0.15) is 5.10 Å². The number of hydrogen-bond acceptors (Lipinski definition) is 6. The monoisotopic (exact) mass is 467 g/mol. The molecule has 1 aliphatic rings. The molecule has 2 atom stereocenters. The van der Waals surface area contributed by atoms with Crippen LogP contribution in [0.25, 0.3) is 11.0 Å². The Morgan fingerprint density at radius 3 is 2.88 bits per heavy atom. The lowest BCUT2D eigenvalue weighted by Gasteiger charge is -2.38. The molecule has 0 saturated carbocycles. The van der Waals surface area contributed by atoms with Crippen LogP contribution in [0.5, 0.6) is 0 Å². The van der Waals surface area contributed by atoms with Gasteiger partial charge in [0.1, 0.15) is 12.7 Å². The molecule has 1 saturated heterocycles. The molecule has 34 heavy (non-hydrogen) atoms. The van der Waals surface area contributed by atoms with Gasteiger partial charge in [0, 0.05) is 45.9 Å². The van der Waals surface area contributed by atoms with E-state index in [4.69, 9.17) is 9.72 Å². The number of piperidine rings is 1. The van der Waals surface area contributed by atoms with Crippen molar-refractivity contribution < 1.29 is 9.53 Å². The molecular formula is C25H37N7O2. The molecular weight excluding hydrogens is 430 g/mol. The summed E-state index contributed by atoms with van der Waals surface area (Å²) in [6.07, 6.45) is 6.14. The van der Waals surface area contributed by atoms with Gasteiger partial charge in [0.05, 0.1) is 11.0 Å². The Bertz CT molecular complexity index is 1050. The lowest BCUT2D eigenvalue weighted by molar-refractivity contribution is 0.0563. The summed E-state index contributed by atoms with van der Waals surface area (Å²) < 4.78 is 9.20. The number of hydrogen-bond donors (Lipinski definition) is 1. The molecule has 184 valence electrons. The van der Waals surface area contributed by atoms with Crippen LogP contribution in [-0.2, 0) is 17.8 Å². The fraction of sp³-hybridized carbons (Fsp3) is 0.600. The number of fused-ring (bicyclic) bond motifs is 1. The van der Waals surface area contributed by atoms with Gasteiger partial charge in [0.2, 0.25) is 0 Å². The number of ether oxygens (including phenoxy) is 1. The maximum absolute atomic E-state index is 14.0.